The van der Waals surface area contributed by atoms with Crippen molar-refractivity contribution in [1.82, 2.24) is 4.90 Å². The van der Waals surface area contributed by atoms with Crippen LogP contribution in [0.25, 0.3) is 0 Å². The van der Waals surface area contributed by atoms with Crippen LogP contribution in [0.3, 0.4) is 0 Å². The van der Waals surface area contributed by atoms with Crippen molar-refractivity contribution in [3.8, 4) is 0 Å². The van der Waals surface area contributed by atoms with E-state index in [1.807, 2.05) is 44.2 Å². The van der Waals surface area contributed by atoms with Gasteiger partial charge in [-0.3, -0.25) is 14.5 Å². The Morgan fingerprint density at radius 1 is 1.05 bits per heavy atom. The highest BCUT2D eigenvalue weighted by molar-refractivity contribution is 6.06. The maximum atomic E-state index is 12.5. The summed E-state index contributed by atoms with van der Waals surface area (Å²) in [5.41, 5.74) is 2.10. The first-order valence-electron chi connectivity index (χ1n) is 7.32. The summed E-state index contributed by atoms with van der Waals surface area (Å²) in [5, 5.41) is 3.43. The molecule has 21 heavy (non-hydrogen) atoms. The lowest BCUT2D eigenvalue weighted by Crippen LogP contribution is -2.42. The molecule has 0 spiro atoms. The predicted octanol–water partition coefficient (Wildman–Crippen LogP) is 2.29. The van der Waals surface area contributed by atoms with Crippen molar-refractivity contribution in [1.29, 1.82) is 0 Å². The number of fused-ring (bicyclic) bond motifs is 1. The molecular weight excluding hydrogens is 264 g/mol. The molecule has 0 bridgehead atoms. The van der Waals surface area contributed by atoms with E-state index in [0.29, 0.717) is 0 Å². The largest absolute Gasteiger partial charge is 0.378 e. The van der Waals surface area contributed by atoms with Gasteiger partial charge in [0.15, 0.2) is 0 Å². The molecule has 110 valence electrons. The summed E-state index contributed by atoms with van der Waals surface area (Å²) in [6.45, 7) is 4.05. The third kappa shape index (κ3) is 2.15. The van der Waals surface area contributed by atoms with E-state index in [0.717, 1.165) is 11.3 Å². The fraction of sp³-hybridized carbons (Fsp3) is 0.412. The lowest BCUT2D eigenvalue weighted by Gasteiger charge is -2.34. The van der Waals surface area contributed by atoms with Crippen LogP contribution in [-0.2, 0) is 9.59 Å². The molecule has 1 aromatic rings. The van der Waals surface area contributed by atoms with Gasteiger partial charge < -0.3 is 5.32 Å². The zero-order valence-corrected chi connectivity index (χ0v) is 12.5. The van der Waals surface area contributed by atoms with E-state index in [1.54, 1.807) is 7.05 Å². The summed E-state index contributed by atoms with van der Waals surface area (Å²) in [7, 11) is 1.59. The van der Waals surface area contributed by atoms with E-state index in [9.17, 15) is 9.59 Å². The maximum absolute atomic E-state index is 12.5. The van der Waals surface area contributed by atoms with E-state index in [1.165, 1.54) is 4.90 Å². The van der Waals surface area contributed by atoms with Gasteiger partial charge in [-0.05, 0) is 25.0 Å². The molecule has 4 nitrogen and oxygen atoms in total. The van der Waals surface area contributed by atoms with Crippen molar-refractivity contribution >= 4 is 17.5 Å². The first-order chi connectivity index (χ1) is 10.0. The van der Waals surface area contributed by atoms with Crippen molar-refractivity contribution in [2.24, 2.45) is 17.8 Å². The van der Waals surface area contributed by atoms with Crippen LogP contribution in [0.15, 0.2) is 42.0 Å². The van der Waals surface area contributed by atoms with Crippen molar-refractivity contribution in [2.75, 3.05) is 12.4 Å². The minimum absolute atomic E-state index is 0.0545. The van der Waals surface area contributed by atoms with Crippen LogP contribution in [0.2, 0.25) is 0 Å². The third-order valence-electron chi connectivity index (χ3n) is 4.66. The van der Waals surface area contributed by atoms with Crippen molar-refractivity contribution in [3.63, 3.8) is 0 Å². The second kappa shape index (κ2) is 5.02. The zero-order chi connectivity index (χ0) is 15.1. The number of imide groups is 1. The van der Waals surface area contributed by atoms with Gasteiger partial charge in [-0.2, -0.15) is 0 Å². The zero-order valence-electron chi connectivity index (χ0n) is 12.5. The molecule has 0 radical (unpaired) electrons. The topological polar surface area (TPSA) is 49.4 Å². The van der Waals surface area contributed by atoms with Crippen LogP contribution in [0, 0.1) is 17.8 Å². The van der Waals surface area contributed by atoms with Gasteiger partial charge in [-0.25, -0.2) is 0 Å². The molecule has 2 aliphatic rings. The number of rotatable bonds is 2. The van der Waals surface area contributed by atoms with Gasteiger partial charge in [-0.1, -0.05) is 36.8 Å². The molecule has 4 atom stereocenters. The first kappa shape index (κ1) is 13.9. The minimum atomic E-state index is -0.303. The summed E-state index contributed by atoms with van der Waals surface area (Å²) in [6.07, 6.45) is 2.12. The molecule has 2 amide bonds. The molecule has 0 saturated carbocycles. The average Bonchev–Trinajstić information content (AvgIpc) is 2.69. The molecule has 1 aliphatic carbocycles. The number of para-hydroxylation sites is 1. The molecule has 1 heterocycles. The second-order valence-electron chi connectivity index (χ2n) is 6.04. The van der Waals surface area contributed by atoms with Gasteiger partial charge in [0, 0.05) is 12.7 Å². The minimum Gasteiger partial charge on any atom is -0.378 e. The summed E-state index contributed by atoms with van der Waals surface area (Å²) in [6, 6.07) is 9.71. The van der Waals surface area contributed by atoms with Gasteiger partial charge >= 0.3 is 0 Å². The number of allylic oxidation sites excluding steroid dienone is 1. The standard InChI is InChI=1S/C17H20N2O2/c1-10-9-11(2)15(18-12-7-5-4-6-8-12)14-13(10)16(20)19(3)17(14)21/h4-10,13-15,18H,1-3H3/t10?,13-,14-,15+/m0/s1. The highest BCUT2D eigenvalue weighted by Gasteiger charge is 2.53. The average molecular weight is 284 g/mol. The SMILES string of the molecule is CC1=CC(C)[C@@H]2C(=O)N(C)C(=O)[C@@H]2[C@@H]1Nc1ccccc1. The molecule has 3 rings (SSSR count). The number of nitrogens with one attached hydrogen (secondary N) is 1. The van der Waals surface area contributed by atoms with Crippen LogP contribution < -0.4 is 5.32 Å². The number of hydrogen-bond donors (Lipinski definition) is 1. The normalized spacial score (nSPS) is 32.0. The number of carbonyl (C=O) groups is 2. The number of likely N-dealkylation sites (tertiary alicyclic amines) is 1. The molecule has 1 saturated heterocycles. The van der Waals surface area contributed by atoms with E-state index >= 15 is 0 Å². The Morgan fingerprint density at radius 3 is 2.33 bits per heavy atom. The van der Waals surface area contributed by atoms with Gasteiger partial charge in [-0.15, -0.1) is 0 Å². The molecule has 1 aromatic carbocycles. The van der Waals surface area contributed by atoms with Crippen LogP contribution in [0.5, 0.6) is 0 Å². The molecule has 1 unspecified atom stereocenters. The molecule has 1 fully saturated rings. The van der Waals surface area contributed by atoms with Gasteiger partial charge in [0.05, 0.1) is 17.9 Å². The smallest absolute Gasteiger partial charge is 0.235 e. The second-order valence-corrected chi connectivity index (χ2v) is 6.04. The molecule has 0 aromatic heterocycles. The summed E-state index contributed by atoms with van der Waals surface area (Å²) >= 11 is 0. The fourth-order valence-electron chi connectivity index (χ4n) is 3.59. The lowest BCUT2D eigenvalue weighted by atomic mass is 9.72. The Kier molecular flexibility index (Phi) is 3.32. The van der Waals surface area contributed by atoms with Crippen molar-refractivity contribution in [2.45, 2.75) is 19.9 Å². The van der Waals surface area contributed by atoms with Crippen molar-refractivity contribution < 1.29 is 9.59 Å². The van der Waals surface area contributed by atoms with Crippen LogP contribution in [0.1, 0.15) is 13.8 Å². The van der Waals surface area contributed by atoms with E-state index in [-0.39, 0.29) is 35.6 Å². The number of nitrogens with zero attached hydrogens (tertiary/aromatic N) is 1. The Bertz CT molecular complexity index is 608. The predicted molar refractivity (Wildman–Crippen MR) is 81.5 cm³/mol. The Labute approximate surface area is 124 Å². The monoisotopic (exact) mass is 284 g/mol. The van der Waals surface area contributed by atoms with Crippen LogP contribution >= 0.6 is 0 Å². The number of benzene rings is 1. The Balaban J connectivity index is 1.97. The first-order valence-corrected chi connectivity index (χ1v) is 7.32. The quantitative estimate of drug-likeness (QED) is 0.669. The van der Waals surface area contributed by atoms with Gasteiger partial charge in [0.2, 0.25) is 11.8 Å². The van der Waals surface area contributed by atoms with Crippen LogP contribution in [-0.4, -0.2) is 29.8 Å². The molecule has 1 aliphatic heterocycles. The highest BCUT2D eigenvalue weighted by Crippen LogP contribution is 2.41. The number of amides is 2. The number of anilines is 1. The fourth-order valence-corrected chi connectivity index (χ4v) is 3.59. The number of hydrogen-bond acceptors (Lipinski definition) is 3. The third-order valence-corrected chi connectivity index (χ3v) is 4.66. The van der Waals surface area contributed by atoms with E-state index in [2.05, 4.69) is 11.4 Å². The number of carbonyl (C=O) groups excluding carboxylic acids is 2. The summed E-state index contributed by atoms with van der Waals surface area (Å²) in [4.78, 5) is 26.1. The molecule has 4 heteroatoms. The maximum Gasteiger partial charge on any atom is 0.235 e. The van der Waals surface area contributed by atoms with Gasteiger partial charge in [0.1, 0.15) is 0 Å². The summed E-state index contributed by atoms with van der Waals surface area (Å²) < 4.78 is 0. The Hall–Kier alpha value is -2.10. The summed E-state index contributed by atoms with van der Waals surface area (Å²) in [5.74, 6) is -0.570. The van der Waals surface area contributed by atoms with E-state index in [4.69, 9.17) is 0 Å². The lowest BCUT2D eigenvalue weighted by molar-refractivity contribution is -0.138. The van der Waals surface area contributed by atoms with Crippen molar-refractivity contribution in [3.05, 3.63) is 42.0 Å². The molecular formula is C17H20N2O2. The van der Waals surface area contributed by atoms with Gasteiger partial charge in [0.25, 0.3) is 0 Å². The highest BCUT2D eigenvalue weighted by atomic mass is 16.2. The van der Waals surface area contributed by atoms with Crippen LogP contribution in [0.4, 0.5) is 5.69 Å². The Morgan fingerprint density at radius 2 is 1.67 bits per heavy atom. The van der Waals surface area contributed by atoms with E-state index < -0.39 is 0 Å². The molecule has 1 N–H and O–H groups in total.